The van der Waals surface area contributed by atoms with Crippen LogP contribution in [-0.2, 0) is 16.4 Å². The fourth-order valence-electron chi connectivity index (χ4n) is 3.27. The second-order valence-electron chi connectivity index (χ2n) is 6.69. The fraction of sp³-hybridized carbons (Fsp3) is 0.300. The van der Waals surface area contributed by atoms with Crippen LogP contribution in [-0.4, -0.2) is 54.9 Å². The first-order valence-electron chi connectivity index (χ1n) is 9.26. The highest BCUT2D eigenvalue weighted by molar-refractivity contribution is 7.89. The van der Waals surface area contributed by atoms with E-state index in [1.165, 1.54) is 0 Å². The van der Waals surface area contributed by atoms with E-state index in [0.717, 1.165) is 22.0 Å². The lowest BCUT2D eigenvalue weighted by Gasteiger charge is -2.34. The normalized spacial score (nSPS) is 15.6. The van der Waals surface area contributed by atoms with E-state index in [1.54, 1.807) is 15.6 Å². The van der Waals surface area contributed by atoms with Crippen LogP contribution in [0.1, 0.15) is 5.56 Å². The van der Waals surface area contributed by atoms with Crippen LogP contribution in [0.5, 0.6) is 0 Å². The van der Waals surface area contributed by atoms with Crippen molar-refractivity contribution < 1.29 is 8.42 Å². The molecule has 0 saturated carbocycles. The second-order valence-corrected chi connectivity index (χ2v) is 9.73. The molecule has 2 aromatic heterocycles. The first-order valence-corrected chi connectivity index (χ1v) is 11.7. The Balaban J connectivity index is 1.33. The molecule has 1 saturated heterocycles. The van der Waals surface area contributed by atoms with Gasteiger partial charge in [-0.3, -0.25) is 0 Å². The molecule has 0 amide bonds. The van der Waals surface area contributed by atoms with Crippen molar-refractivity contribution in [2.45, 2.75) is 6.42 Å². The highest BCUT2D eigenvalue weighted by Crippen LogP contribution is 2.23. The SMILES string of the molecule is O=S(=O)(CCc1ccccc1)N1CCN(c2ccc(-c3cccs3)nn2)CC1. The van der Waals surface area contributed by atoms with Crippen LogP contribution >= 0.6 is 11.3 Å². The predicted octanol–water partition coefficient (Wildman–Crippen LogP) is 2.90. The van der Waals surface area contributed by atoms with E-state index in [1.807, 2.05) is 60.0 Å². The van der Waals surface area contributed by atoms with Gasteiger partial charge in [-0.05, 0) is 35.6 Å². The van der Waals surface area contributed by atoms with Gasteiger partial charge in [-0.15, -0.1) is 21.5 Å². The zero-order valence-corrected chi connectivity index (χ0v) is 17.1. The Morgan fingerprint density at radius 1 is 0.893 bits per heavy atom. The number of anilines is 1. The van der Waals surface area contributed by atoms with Crippen LogP contribution in [0.25, 0.3) is 10.6 Å². The van der Waals surface area contributed by atoms with Gasteiger partial charge in [-0.1, -0.05) is 36.4 Å². The number of aromatic nitrogens is 2. The van der Waals surface area contributed by atoms with Gasteiger partial charge in [0.1, 0.15) is 5.69 Å². The number of hydrogen-bond donors (Lipinski definition) is 0. The molecule has 3 heterocycles. The minimum atomic E-state index is -3.25. The summed E-state index contributed by atoms with van der Waals surface area (Å²) in [6.45, 7) is 2.20. The Bertz CT molecular complexity index is 982. The number of nitrogens with zero attached hydrogens (tertiary/aromatic N) is 4. The van der Waals surface area contributed by atoms with Crippen LogP contribution < -0.4 is 4.90 Å². The zero-order chi connectivity index (χ0) is 19.4. The third kappa shape index (κ3) is 4.40. The number of benzene rings is 1. The summed E-state index contributed by atoms with van der Waals surface area (Å²) in [6, 6.07) is 17.7. The summed E-state index contributed by atoms with van der Waals surface area (Å²) in [6.07, 6.45) is 0.541. The number of sulfonamides is 1. The first-order chi connectivity index (χ1) is 13.6. The Labute approximate surface area is 169 Å². The van der Waals surface area contributed by atoms with Crippen molar-refractivity contribution in [1.29, 1.82) is 0 Å². The molecule has 0 spiro atoms. The minimum Gasteiger partial charge on any atom is -0.352 e. The Kier molecular flexibility index (Phi) is 5.70. The molecule has 8 heteroatoms. The zero-order valence-electron chi connectivity index (χ0n) is 15.4. The summed E-state index contributed by atoms with van der Waals surface area (Å²) in [4.78, 5) is 3.18. The molecule has 0 unspecified atom stereocenters. The maximum absolute atomic E-state index is 12.7. The van der Waals surface area contributed by atoms with Crippen molar-refractivity contribution in [3.63, 3.8) is 0 Å². The number of rotatable bonds is 6. The maximum atomic E-state index is 12.7. The van der Waals surface area contributed by atoms with Gasteiger partial charge in [0.15, 0.2) is 5.82 Å². The van der Waals surface area contributed by atoms with Crippen molar-refractivity contribution in [3.05, 3.63) is 65.5 Å². The lowest BCUT2D eigenvalue weighted by Crippen LogP contribution is -2.49. The summed E-state index contributed by atoms with van der Waals surface area (Å²) >= 11 is 1.63. The molecule has 0 aliphatic carbocycles. The van der Waals surface area contributed by atoms with Gasteiger partial charge in [0, 0.05) is 26.2 Å². The van der Waals surface area contributed by atoms with Gasteiger partial charge < -0.3 is 4.90 Å². The van der Waals surface area contributed by atoms with Gasteiger partial charge in [-0.2, -0.15) is 4.31 Å². The topological polar surface area (TPSA) is 66.4 Å². The summed E-state index contributed by atoms with van der Waals surface area (Å²) in [5.41, 5.74) is 1.91. The fourth-order valence-corrected chi connectivity index (χ4v) is 5.43. The molecular formula is C20H22N4O2S2. The number of thiophene rings is 1. The van der Waals surface area contributed by atoms with Gasteiger partial charge >= 0.3 is 0 Å². The Morgan fingerprint density at radius 2 is 1.68 bits per heavy atom. The van der Waals surface area contributed by atoms with E-state index in [-0.39, 0.29) is 5.75 Å². The van der Waals surface area contributed by atoms with Crippen molar-refractivity contribution >= 4 is 27.2 Å². The molecular weight excluding hydrogens is 392 g/mol. The number of piperazine rings is 1. The maximum Gasteiger partial charge on any atom is 0.214 e. The lowest BCUT2D eigenvalue weighted by molar-refractivity contribution is 0.383. The summed E-state index contributed by atoms with van der Waals surface area (Å²) < 4.78 is 26.9. The molecule has 1 aliphatic heterocycles. The minimum absolute atomic E-state index is 0.145. The Hall–Kier alpha value is -2.29. The highest BCUT2D eigenvalue weighted by atomic mass is 32.2. The van der Waals surface area contributed by atoms with Crippen molar-refractivity contribution in [1.82, 2.24) is 14.5 Å². The molecule has 3 aromatic rings. The number of aryl methyl sites for hydroxylation is 1. The van der Waals surface area contributed by atoms with Crippen molar-refractivity contribution in [3.8, 4) is 10.6 Å². The molecule has 0 atom stereocenters. The van der Waals surface area contributed by atoms with Crippen molar-refractivity contribution in [2.24, 2.45) is 0 Å². The van der Waals surface area contributed by atoms with E-state index in [9.17, 15) is 8.42 Å². The van der Waals surface area contributed by atoms with Gasteiger partial charge in [0.25, 0.3) is 0 Å². The standard InChI is InChI=1S/C20H22N4O2S2/c25-28(26,16-10-17-5-2-1-3-6-17)24-13-11-23(12-14-24)20-9-8-18(21-22-20)19-7-4-15-27-19/h1-9,15H,10-14,16H2. The smallest absolute Gasteiger partial charge is 0.214 e. The van der Waals surface area contributed by atoms with E-state index in [2.05, 4.69) is 15.1 Å². The molecule has 1 aliphatic rings. The summed E-state index contributed by atoms with van der Waals surface area (Å²) in [5, 5.41) is 10.7. The molecule has 6 nitrogen and oxygen atoms in total. The van der Waals surface area contributed by atoms with E-state index < -0.39 is 10.0 Å². The van der Waals surface area contributed by atoms with Crippen LogP contribution in [0.2, 0.25) is 0 Å². The van der Waals surface area contributed by atoms with Crippen LogP contribution in [0.4, 0.5) is 5.82 Å². The predicted molar refractivity (Wildman–Crippen MR) is 113 cm³/mol. The quantitative estimate of drug-likeness (QED) is 0.620. The lowest BCUT2D eigenvalue weighted by atomic mass is 10.2. The molecule has 4 rings (SSSR count). The number of hydrogen-bond acceptors (Lipinski definition) is 6. The van der Waals surface area contributed by atoms with Crippen molar-refractivity contribution in [2.75, 3.05) is 36.8 Å². The third-order valence-electron chi connectivity index (χ3n) is 4.87. The average Bonchev–Trinajstić information content (AvgIpc) is 3.28. The van der Waals surface area contributed by atoms with Crippen LogP contribution in [0, 0.1) is 0 Å². The van der Waals surface area contributed by atoms with E-state index in [4.69, 9.17) is 0 Å². The molecule has 0 radical (unpaired) electrons. The molecule has 0 N–H and O–H groups in total. The average molecular weight is 415 g/mol. The van der Waals surface area contributed by atoms with Gasteiger partial charge in [0.2, 0.25) is 10.0 Å². The summed E-state index contributed by atoms with van der Waals surface area (Å²) in [7, 11) is -3.25. The second kappa shape index (κ2) is 8.38. The van der Waals surface area contributed by atoms with Gasteiger partial charge in [0.05, 0.1) is 10.6 Å². The molecule has 1 fully saturated rings. The monoisotopic (exact) mass is 414 g/mol. The molecule has 0 bridgehead atoms. The van der Waals surface area contributed by atoms with Crippen LogP contribution in [0.3, 0.4) is 0 Å². The third-order valence-corrected chi connectivity index (χ3v) is 7.64. The first kappa shape index (κ1) is 19.0. The highest BCUT2D eigenvalue weighted by Gasteiger charge is 2.27. The van der Waals surface area contributed by atoms with Crippen LogP contribution in [0.15, 0.2) is 60.0 Å². The Morgan fingerprint density at radius 3 is 2.32 bits per heavy atom. The van der Waals surface area contributed by atoms with E-state index >= 15 is 0 Å². The van der Waals surface area contributed by atoms with Gasteiger partial charge in [-0.25, -0.2) is 8.42 Å². The molecule has 1 aromatic carbocycles. The molecule has 28 heavy (non-hydrogen) atoms. The molecule has 146 valence electrons. The van der Waals surface area contributed by atoms with E-state index in [0.29, 0.717) is 32.6 Å². The summed E-state index contributed by atoms with van der Waals surface area (Å²) in [5.74, 6) is 0.938. The largest absolute Gasteiger partial charge is 0.352 e.